The van der Waals surface area contributed by atoms with Gasteiger partial charge in [0.2, 0.25) is 0 Å². The van der Waals surface area contributed by atoms with E-state index >= 15 is 0 Å². The second kappa shape index (κ2) is 4.81. The summed E-state index contributed by atoms with van der Waals surface area (Å²) < 4.78 is 59.1. The minimum absolute atomic E-state index is 0.278. The molecule has 100 valence electrons. The van der Waals surface area contributed by atoms with E-state index in [9.17, 15) is 26.4 Å². The van der Waals surface area contributed by atoms with Crippen molar-refractivity contribution in [2.75, 3.05) is 24.6 Å². The van der Waals surface area contributed by atoms with Gasteiger partial charge < -0.3 is 5.11 Å². The smallest absolute Gasteiger partial charge is 0.401 e. The van der Waals surface area contributed by atoms with Gasteiger partial charge in [-0.05, 0) is 0 Å². The fourth-order valence-corrected chi connectivity index (χ4v) is 3.34. The number of alkyl halides is 3. The van der Waals surface area contributed by atoms with Crippen LogP contribution in [0.25, 0.3) is 0 Å². The number of carboxylic acids is 1. The highest BCUT2D eigenvalue weighted by molar-refractivity contribution is 7.91. The monoisotopic (exact) mass is 275 g/mol. The maximum Gasteiger partial charge on any atom is 0.401 e. The van der Waals surface area contributed by atoms with Crippen LogP contribution < -0.4 is 0 Å². The number of hydrogen-bond acceptors (Lipinski definition) is 4. The van der Waals surface area contributed by atoms with Crippen molar-refractivity contribution in [1.29, 1.82) is 0 Å². The maximum atomic E-state index is 12.2. The zero-order valence-corrected chi connectivity index (χ0v) is 9.59. The molecule has 1 aliphatic heterocycles. The zero-order valence-electron chi connectivity index (χ0n) is 8.77. The molecule has 1 heterocycles. The third-order valence-electron chi connectivity index (χ3n) is 2.44. The number of sulfone groups is 1. The van der Waals surface area contributed by atoms with E-state index in [1.54, 1.807) is 0 Å². The fraction of sp³-hybridized carbons (Fsp3) is 0.875. The van der Waals surface area contributed by atoms with E-state index in [4.69, 9.17) is 5.11 Å². The highest BCUT2D eigenvalue weighted by atomic mass is 32.2. The summed E-state index contributed by atoms with van der Waals surface area (Å²) in [4.78, 5) is 11.4. The van der Waals surface area contributed by atoms with E-state index in [-0.39, 0.29) is 12.3 Å². The SMILES string of the molecule is O=C(O)CC1CS(=O)(=O)CCN1CC(F)(F)F. The molecule has 1 rings (SSSR count). The first-order valence-electron chi connectivity index (χ1n) is 4.82. The van der Waals surface area contributed by atoms with Crippen LogP contribution in [0, 0.1) is 0 Å². The number of carboxylic acid groups (broad SMARTS) is 1. The van der Waals surface area contributed by atoms with E-state index in [1.165, 1.54) is 0 Å². The molecule has 0 spiro atoms. The van der Waals surface area contributed by atoms with Crippen molar-refractivity contribution < 1.29 is 31.5 Å². The maximum absolute atomic E-state index is 12.2. The summed E-state index contributed by atoms with van der Waals surface area (Å²) in [5.74, 6) is -2.20. The molecule has 5 nitrogen and oxygen atoms in total. The summed E-state index contributed by atoms with van der Waals surface area (Å²) in [7, 11) is -3.44. The Morgan fingerprint density at radius 2 is 2.00 bits per heavy atom. The lowest BCUT2D eigenvalue weighted by atomic mass is 10.2. The first kappa shape index (κ1) is 14.2. The number of rotatable bonds is 3. The first-order chi connectivity index (χ1) is 7.59. The normalized spacial score (nSPS) is 25.7. The van der Waals surface area contributed by atoms with Crippen molar-refractivity contribution in [3.05, 3.63) is 0 Å². The first-order valence-corrected chi connectivity index (χ1v) is 6.64. The Balaban J connectivity index is 2.77. The van der Waals surface area contributed by atoms with Gasteiger partial charge in [-0.25, -0.2) is 8.42 Å². The molecule has 1 atom stereocenters. The molecule has 1 saturated heterocycles. The van der Waals surface area contributed by atoms with Gasteiger partial charge in [0.15, 0.2) is 9.84 Å². The predicted molar refractivity (Wildman–Crippen MR) is 52.3 cm³/mol. The average Bonchev–Trinajstić information content (AvgIpc) is 2.06. The van der Waals surface area contributed by atoms with Gasteiger partial charge in [-0.15, -0.1) is 0 Å². The molecular formula is C8H12F3NO4S. The van der Waals surface area contributed by atoms with Crippen LogP contribution >= 0.6 is 0 Å². The van der Waals surface area contributed by atoms with Crippen LogP contribution in [0.3, 0.4) is 0 Å². The van der Waals surface area contributed by atoms with E-state index in [0.29, 0.717) is 0 Å². The molecule has 0 bridgehead atoms. The minimum atomic E-state index is -4.46. The molecule has 0 radical (unpaired) electrons. The quantitative estimate of drug-likeness (QED) is 0.792. The van der Waals surface area contributed by atoms with Crippen molar-refractivity contribution in [3.8, 4) is 0 Å². The number of nitrogens with zero attached hydrogens (tertiary/aromatic N) is 1. The highest BCUT2D eigenvalue weighted by Gasteiger charge is 2.39. The van der Waals surface area contributed by atoms with Gasteiger partial charge in [0, 0.05) is 12.6 Å². The topological polar surface area (TPSA) is 74.7 Å². The number of aliphatic carboxylic acids is 1. The molecule has 17 heavy (non-hydrogen) atoms. The summed E-state index contributed by atoms with van der Waals surface area (Å²) in [5.41, 5.74) is 0. The van der Waals surface area contributed by atoms with E-state index in [2.05, 4.69) is 0 Å². The van der Waals surface area contributed by atoms with Crippen molar-refractivity contribution in [2.24, 2.45) is 0 Å². The standard InChI is InChI=1S/C8H12F3NO4S/c9-8(10,11)5-12-1-2-17(15,16)4-6(12)3-7(13)14/h6H,1-5H2,(H,13,14). The van der Waals surface area contributed by atoms with Crippen molar-refractivity contribution >= 4 is 15.8 Å². The molecule has 0 aromatic carbocycles. The summed E-state index contributed by atoms with van der Waals surface area (Å²) in [5, 5.41) is 8.55. The molecule has 9 heteroatoms. The summed E-state index contributed by atoms with van der Waals surface area (Å²) >= 11 is 0. The lowest BCUT2D eigenvalue weighted by Gasteiger charge is -2.34. The zero-order chi connectivity index (χ0) is 13.3. The van der Waals surface area contributed by atoms with Crippen molar-refractivity contribution in [2.45, 2.75) is 18.6 Å². The molecule has 0 aliphatic carbocycles. The molecule has 0 aromatic heterocycles. The Morgan fingerprint density at radius 1 is 1.41 bits per heavy atom. The number of carbonyl (C=O) groups is 1. The van der Waals surface area contributed by atoms with Gasteiger partial charge in [0.25, 0.3) is 0 Å². The van der Waals surface area contributed by atoms with Crippen LogP contribution in [0.5, 0.6) is 0 Å². The molecular weight excluding hydrogens is 263 g/mol. The van der Waals surface area contributed by atoms with Crippen LogP contribution in [-0.2, 0) is 14.6 Å². The molecule has 1 aliphatic rings. The number of halogens is 3. The van der Waals surface area contributed by atoms with Crippen LogP contribution in [0.2, 0.25) is 0 Å². The molecule has 0 saturated carbocycles. The van der Waals surface area contributed by atoms with E-state index < -0.39 is 46.7 Å². The minimum Gasteiger partial charge on any atom is -0.481 e. The molecule has 1 N–H and O–H groups in total. The fourth-order valence-electron chi connectivity index (χ4n) is 1.75. The Hall–Kier alpha value is -0.830. The van der Waals surface area contributed by atoms with Crippen molar-refractivity contribution in [1.82, 2.24) is 4.90 Å². The molecule has 1 unspecified atom stereocenters. The average molecular weight is 275 g/mol. The van der Waals surface area contributed by atoms with Gasteiger partial charge in [-0.2, -0.15) is 13.2 Å². The molecule has 0 aromatic rings. The lowest BCUT2D eigenvalue weighted by Crippen LogP contribution is -2.52. The second-order valence-corrected chi connectivity index (χ2v) is 6.18. The van der Waals surface area contributed by atoms with Crippen LogP contribution in [0.15, 0.2) is 0 Å². The largest absolute Gasteiger partial charge is 0.481 e. The van der Waals surface area contributed by atoms with Crippen LogP contribution in [0.1, 0.15) is 6.42 Å². The Morgan fingerprint density at radius 3 is 2.47 bits per heavy atom. The van der Waals surface area contributed by atoms with E-state index in [1.807, 2.05) is 0 Å². The van der Waals surface area contributed by atoms with Gasteiger partial charge in [0.1, 0.15) is 0 Å². The van der Waals surface area contributed by atoms with Crippen LogP contribution in [-0.4, -0.2) is 61.2 Å². The van der Waals surface area contributed by atoms with E-state index in [0.717, 1.165) is 4.90 Å². The third-order valence-corrected chi connectivity index (χ3v) is 4.14. The molecule has 1 fully saturated rings. The Bertz CT molecular complexity index is 392. The predicted octanol–water partition coefficient (Wildman–Crippen LogP) is 0.122. The lowest BCUT2D eigenvalue weighted by molar-refractivity contribution is -0.154. The molecule has 0 amide bonds. The Labute approximate surface area is 96.1 Å². The van der Waals surface area contributed by atoms with Gasteiger partial charge >= 0.3 is 12.1 Å². The van der Waals surface area contributed by atoms with Crippen molar-refractivity contribution in [3.63, 3.8) is 0 Å². The van der Waals surface area contributed by atoms with Gasteiger partial charge in [-0.3, -0.25) is 9.69 Å². The van der Waals surface area contributed by atoms with Crippen LogP contribution in [0.4, 0.5) is 13.2 Å². The number of hydrogen-bond donors (Lipinski definition) is 1. The summed E-state index contributed by atoms with van der Waals surface area (Å²) in [6.07, 6.45) is -5.06. The van der Waals surface area contributed by atoms with Gasteiger partial charge in [-0.1, -0.05) is 0 Å². The third kappa shape index (κ3) is 4.90. The van der Waals surface area contributed by atoms with Gasteiger partial charge in [0.05, 0.1) is 24.5 Å². The second-order valence-electron chi connectivity index (χ2n) is 3.95. The Kier molecular flexibility index (Phi) is 4.03. The summed E-state index contributed by atoms with van der Waals surface area (Å²) in [6, 6.07) is -1.10. The summed E-state index contributed by atoms with van der Waals surface area (Å²) in [6.45, 7) is -1.56. The highest BCUT2D eigenvalue weighted by Crippen LogP contribution is 2.22.